The van der Waals surface area contributed by atoms with Crippen LogP contribution in [0.4, 0.5) is 0 Å². The molecule has 0 amide bonds. The molecule has 31 heavy (non-hydrogen) atoms. The highest BCUT2D eigenvalue weighted by molar-refractivity contribution is 14.1. The highest BCUT2D eigenvalue weighted by Crippen LogP contribution is 2.16. The fraction of sp³-hybridized carbons (Fsp3) is 0.964. The molecule has 0 aliphatic heterocycles. The Hall–Kier alpha value is 0.200. The lowest BCUT2D eigenvalue weighted by atomic mass is 10.0. The van der Waals surface area contributed by atoms with E-state index in [1.807, 2.05) is 0 Å². The molecule has 1 N–H and O–H groups in total. The average Bonchev–Trinajstić information content (AvgIpc) is 2.76. The number of unbranched alkanes of at least 4 members (excludes halogenated alkanes) is 24. The molecule has 0 saturated carbocycles. The quantitative estimate of drug-likeness (QED) is 0.0627. The van der Waals surface area contributed by atoms with Crippen LogP contribution in [0.2, 0.25) is 0 Å². The molecular weight excluding hydrogens is 495 g/mol. The van der Waals surface area contributed by atoms with E-state index in [4.69, 9.17) is 5.11 Å². The van der Waals surface area contributed by atoms with Crippen molar-refractivity contribution in [2.75, 3.05) is 4.43 Å². The number of rotatable bonds is 27. The van der Waals surface area contributed by atoms with Gasteiger partial charge in [0, 0.05) is 6.42 Å². The van der Waals surface area contributed by atoms with Gasteiger partial charge in [0.1, 0.15) is 0 Å². The standard InChI is InChI=1S/C28H55IO2/c29-27-25-23-21-19-17-15-13-11-9-7-5-3-1-2-4-6-8-10-12-14-16-18-20-22-24-26-28(30)31/h1-27H2,(H,30,31). The van der Waals surface area contributed by atoms with Gasteiger partial charge < -0.3 is 5.11 Å². The van der Waals surface area contributed by atoms with Gasteiger partial charge in [0.2, 0.25) is 0 Å². The van der Waals surface area contributed by atoms with E-state index >= 15 is 0 Å². The largest absolute Gasteiger partial charge is 0.481 e. The summed E-state index contributed by atoms with van der Waals surface area (Å²) in [4.78, 5) is 10.4. The third kappa shape index (κ3) is 30.2. The number of halogens is 1. The molecule has 186 valence electrons. The van der Waals surface area contributed by atoms with E-state index in [0.717, 1.165) is 12.8 Å². The number of carboxylic acid groups (broad SMARTS) is 1. The van der Waals surface area contributed by atoms with Crippen LogP contribution in [0.3, 0.4) is 0 Å². The van der Waals surface area contributed by atoms with E-state index in [-0.39, 0.29) is 0 Å². The van der Waals surface area contributed by atoms with Gasteiger partial charge in [-0.3, -0.25) is 4.79 Å². The van der Waals surface area contributed by atoms with Gasteiger partial charge in [0.15, 0.2) is 0 Å². The molecule has 0 bridgehead atoms. The lowest BCUT2D eigenvalue weighted by molar-refractivity contribution is -0.137. The van der Waals surface area contributed by atoms with Crippen LogP contribution in [-0.2, 0) is 4.79 Å². The first-order chi connectivity index (χ1) is 15.3. The second kappa shape index (κ2) is 28.2. The van der Waals surface area contributed by atoms with Gasteiger partial charge in [0.25, 0.3) is 0 Å². The number of carboxylic acids is 1. The van der Waals surface area contributed by atoms with E-state index < -0.39 is 5.97 Å². The zero-order valence-corrected chi connectivity index (χ0v) is 23.0. The molecule has 0 aromatic carbocycles. The number of hydrogen-bond acceptors (Lipinski definition) is 1. The minimum atomic E-state index is -0.649. The summed E-state index contributed by atoms with van der Waals surface area (Å²) >= 11 is 2.49. The normalized spacial score (nSPS) is 11.3. The van der Waals surface area contributed by atoms with Crippen molar-refractivity contribution >= 4 is 28.6 Å². The Bertz CT molecular complexity index is 346. The van der Waals surface area contributed by atoms with Gasteiger partial charge in [-0.2, -0.15) is 0 Å². The molecule has 3 heteroatoms. The molecule has 0 atom stereocenters. The first kappa shape index (κ1) is 31.2. The Balaban J connectivity index is 3.00. The SMILES string of the molecule is O=C(O)CCCCCCCCCCCCCCCCCCCCCCCCCCCI. The Labute approximate surface area is 209 Å². The maximum Gasteiger partial charge on any atom is 0.303 e. The number of aliphatic carboxylic acids is 1. The maximum absolute atomic E-state index is 10.4. The second-order valence-corrected chi connectivity index (χ2v) is 10.8. The predicted molar refractivity (Wildman–Crippen MR) is 147 cm³/mol. The van der Waals surface area contributed by atoms with Gasteiger partial charge in [-0.1, -0.05) is 170 Å². The monoisotopic (exact) mass is 550 g/mol. The molecular formula is C28H55IO2. The molecule has 0 aliphatic carbocycles. The van der Waals surface area contributed by atoms with Crippen LogP contribution in [0.5, 0.6) is 0 Å². The predicted octanol–water partition coefficient (Wildman–Crippen LogP) is 10.6. The number of hydrogen-bond donors (Lipinski definition) is 1. The van der Waals surface area contributed by atoms with Crippen molar-refractivity contribution in [1.29, 1.82) is 0 Å². The molecule has 0 rings (SSSR count). The molecule has 0 saturated heterocycles. The lowest BCUT2D eigenvalue weighted by Crippen LogP contribution is -1.93. The fourth-order valence-corrected chi connectivity index (χ4v) is 4.98. The van der Waals surface area contributed by atoms with Crippen molar-refractivity contribution in [3.8, 4) is 0 Å². The topological polar surface area (TPSA) is 37.3 Å². The smallest absolute Gasteiger partial charge is 0.303 e. The van der Waals surface area contributed by atoms with Crippen molar-refractivity contribution in [2.24, 2.45) is 0 Å². The molecule has 2 nitrogen and oxygen atoms in total. The third-order valence-electron chi connectivity index (χ3n) is 6.52. The molecule has 0 unspecified atom stereocenters. The van der Waals surface area contributed by atoms with Crippen molar-refractivity contribution in [1.82, 2.24) is 0 Å². The molecule has 0 radical (unpaired) electrons. The van der Waals surface area contributed by atoms with Crippen molar-refractivity contribution in [3.05, 3.63) is 0 Å². The van der Waals surface area contributed by atoms with E-state index in [9.17, 15) is 4.79 Å². The fourth-order valence-electron chi connectivity index (χ4n) is 4.44. The summed E-state index contributed by atoms with van der Waals surface area (Å²) in [6.07, 6.45) is 35.1. The van der Waals surface area contributed by atoms with Gasteiger partial charge in [-0.15, -0.1) is 0 Å². The maximum atomic E-state index is 10.4. The average molecular weight is 551 g/mol. The molecule has 0 fully saturated rings. The number of alkyl halides is 1. The Kier molecular flexibility index (Phi) is 28.4. The summed E-state index contributed by atoms with van der Waals surface area (Å²) in [5.74, 6) is -0.649. The highest BCUT2D eigenvalue weighted by atomic mass is 127. The highest BCUT2D eigenvalue weighted by Gasteiger charge is 1.98. The lowest BCUT2D eigenvalue weighted by Gasteiger charge is -2.04. The number of carbonyl (C=O) groups is 1. The summed E-state index contributed by atoms with van der Waals surface area (Å²) in [7, 11) is 0. The Morgan fingerprint density at radius 3 is 0.774 bits per heavy atom. The van der Waals surface area contributed by atoms with Crippen molar-refractivity contribution < 1.29 is 9.90 Å². The Morgan fingerprint density at radius 1 is 0.387 bits per heavy atom. The molecule has 0 aliphatic rings. The van der Waals surface area contributed by atoms with E-state index in [2.05, 4.69) is 22.6 Å². The second-order valence-electron chi connectivity index (χ2n) is 9.67. The summed E-state index contributed by atoms with van der Waals surface area (Å²) < 4.78 is 1.33. The van der Waals surface area contributed by atoms with E-state index in [1.165, 1.54) is 152 Å². The zero-order chi connectivity index (χ0) is 22.7. The summed E-state index contributed by atoms with van der Waals surface area (Å²) in [5.41, 5.74) is 0. The molecule has 0 aromatic heterocycles. The summed E-state index contributed by atoms with van der Waals surface area (Å²) in [6.45, 7) is 0. The van der Waals surface area contributed by atoms with E-state index in [1.54, 1.807) is 0 Å². The first-order valence-electron chi connectivity index (χ1n) is 14.0. The van der Waals surface area contributed by atoms with Gasteiger partial charge >= 0.3 is 5.97 Å². The molecule has 0 spiro atoms. The van der Waals surface area contributed by atoms with Crippen LogP contribution in [-0.4, -0.2) is 15.5 Å². The zero-order valence-electron chi connectivity index (χ0n) is 20.8. The van der Waals surface area contributed by atoms with Crippen LogP contribution in [0.1, 0.15) is 167 Å². The minimum Gasteiger partial charge on any atom is -0.481 e. The Morgan fingerprint density at radius 2 is 0.581 bits per heavy atom. The summed E-state index contributed by atoms with van der Waals surface area (Å²) in [6, 6.07) is 0. The first-order valence-corrected chi connectivity index (χ1v) is 15.6. The van der Waals surface area contributed by atoms with Crippen LogP contribution < -0.4 is 0 Å². The van der Waals surface area contributed by atoms with Crippen LogP contribution in [0.15, 0.2) is 0 Å². The molecule has 0 aromatic rings. The molecule has 0 heterocycles. The van der Waals surface area contributed by atoms with Gasteiger partial charge in [-0.25, -0.2) is 0 Å². The van der Waals surface area contributed by atoms with Crippen molar-refractivity contribution in [3.63, 3.8) is 0 Å². The minimum absolute atomic E-state index is 0.346. The van der Waals surface area contributed by atoms with Gasteiger partial charge in [-0.05, 0) is 17.3 Å². The summed E-state index contributed by atoms with van der Waals surface area (Å²) in [5, 5.41) is 8.60. The van der Waals surface area contributed by atoms with Crippen molar-refractivity contribution in [2.45, 2.75) is 167 Å². The van der Waals surface area contributed by atoms with Crippen LogP contribution in [0, 0.1) is 0 Å². The van der Waals surface area contributed by atoms with Crippen LogP contribution >= 0.6 is 22.6 Å². The van der Waals surface area contributed by atoms with E-state index in [0.29, 0.717) is 6.42 Å². The van der Waals surface area contributed by atoms with Gasteiger partial charge in [0.05, 0.1) is 0 Å². The van der Waals surface area contributed by atoms with Crippen LogP contribution in [0.25, 0.3) is 0 Å². The third-order valence-corrected chi connectivity index (χ3v) is 7.29.